The Labute approximate surface area is 173 Å². The summed E-state index contributed by atoms with van der Waals surface area (Å²) in [5, 5.41) is 2.28. The van der Waals surface area contributed by atoms with Crippen molar-refractivity contribution in [1.29, 1.82) is 0 Å². The summed E-state index contributed by atoms with van der Waals surface area (Å²) < 4.78 is 9.99. The molecule has 0 aliphatic heterocycles. The van der Waals surface area contributed by atoms with E-state index in [1.165, 1.54) is 30.9 Å². The maximum Gasteiger partial charge on any atom is 0.337 e. The lowest BCUT2D eigenvalue weighted by Crippen LogP contribution is -2.49. The third-order valence-corrected chi connectivity index (χ3v) is 3.99. The molecule has 0 fully saturated rings. The molecule has 3 N–H and O–H groups in total. The molecule has 9 heteroatoms. The Morgan fingerprint density at radius 1 is 1.00 bits per heavy atom. The lowest BCUT2D eigenvalue weighted by molar-refractivity contribution is -0.123. The van der Waals surface area contributed by atoms with Crippen molar-refractivity contribution in [1.82, 2.24) is 16.2 Å². The van der Waals surface area contributed by atoms with Crippen molar-refractivity contribution < 1.29 is 23.9 Å². The van der Waals surface area contributed by atoms with Gasteiger partial charge in [0.1, 0.15) is 5.75 Å². The number of ether oxygens (including phenoxy) is 2. The molecule has 0 spiro atoms. The fourth-order valence-corrected chi connectivity index (χ4v) is 2.39. The highest BCUT2D eigenvalue weighted by Gasteiger charge is 2.12. The van der Waals surface area contributed by atoms with E-state index in [0.29, 0.717) is 5.75 Å². The Morgan fingerprint density at radius 2 is 1.69 bits per heavy atom. The Hall–Kier alpha value is -3.46. The molecule has 2 rings (SSSR count). The first-order valence-corrected chi connectivity index (χ1v) is 9.14. The minimum atomic E-state index is -0.558. The van der Waals surface area contributed by atoms with Crippen molar-refractivity contribution in [3.8, 4) is 5.75 Å². The average Bonchev–Trinajstić information content (AvgIpc) is 2.76. The Morgan fingerprint density at radius 3 is 2.34 bits per heavy atom. The maximum atomic E-state index is 12.2. The quantitative estimate of drug-likeness (QED) is 0.375. The van der Waals surface area contributed by atoms with Crippen molar-refractivity contribution in [2.24, 2.45) is 0 Å². The van der Waals surface area contributed by atoms with E-state index in [1.54, 1.807) is 18.2 Å². The highest BCUT2D eigenvalue weighted by molar-refractivity contribution is 7.80. The van der Waals surface area contributed by atoms with Gasteiger partial charge in [0.05, 0.1) is 12.7 Å². The number of thiocarbonyl (C=S) groups is 1. The molecule has 0 unspecified atom stereocenters. The minimum Gasteiger partial charge on any atom is -0.484 e. The van der Waals surface area contributed by atoms with E-state index >= 15 is 0 Å². The largest absolute Gasteiger partial charge is 0.484 e. The molecule has 0 aliphatic rings. The first-order valence-electron chi connectivity index (χ1n) is 8.73. The summed E-state index contributed by atoms with van der Waals surface area (Å²) in [6, 6.07) is 13.4. The second kappa shape index (κ2) is 10.8. The zero-order chi connectivity index (χ0) is 21.2. The van der Waals surface area contributed by atoms with Crippen molar-refractivity contribution >= 4 is 35.1 Å². The molecule has 0 bridgehead atoms. The van der Waals surface area contributed by atoms with Crippen LogP contribution in [0.5, 0.6) is 5.75 Å². The van der Waals surface area contributed by atoms with Crippen LogP contribution in [0, 0.1) is 0 Å². The number of benzene rings is 2. The second-order valence-electron chi connectivity index (χ2n) is 5.81. The number of nitrogens with one attached hydrogen (secondary N) is 3. The van der Waals surface area contributed by atoms with Gasteiger partial charge in [-0.2, -0.15) is 0 Å². The summed E-state index contributed by atoms with van der Waals surface area (Å²) in [6.45, 7) is 1.82. The van der Waals surface area contributed by atoms with Crippen molar-refractivity contribution in [2.75, 3.05) is 13.7 Å². The molecule has 0 radical (unpaired) electrons. The van der Waals surface area contributed by atoms with Crippen LogP contribution in [-0.2, 0) is 16.0 Å². The molecule has 2 amide bonds. The summed E-state index contributed by atoms with van der Waals surface area (Å²) in [7, 11) is 1.25. The van der Waals surface area contributed by atoms with Crippen LogP contribution in [0.2, 0.25) is 0 Å². The molecule has 0 aliphatic carbocycles. The summed E-state index contributed by atoms with van der Waals surface area (Å²) in [5.41, 5.74) is 6.35. The van der Waals surface area contributed by atoms with Gasteiger partial charge in [0.2, 0.25) is 0 Å². The van der Waals surface area contributed by atoms with E-state index in [4.69, 9.17) is 17.0 Å². The Bertz CT molecular complexity index is 899. The SMILES string of the molecule is CCc1ccc(OCC(=O)NNC(=S)NC(=O)c2cccc(C(=O)OC)c2)cc1. The van der Waals surface area contributed by atoms with Crippen LogP contribution in [0.4, 0.5) is 0 Å². The number of aryl methyl sites for hydroxylation is 1. The van der Waals surface area contributed by atoms with Gasteiger partial charge in [-0.15, -0.1) is 0 Å². The molecule has 0 saturated carbocycles. The van der Waals surface area contributed by atoms with Crippen LogP contribution in [-0.4, -0.2) is 36.6 Å². The van der Waals surface area contributed by atoms with Gasteiger partial charge >= 0.3 is 5.97 Å². The lowest BCUT2D eigenvalue weighted by atomic mass is 10.1. The molecule has 2 aromatic rings. The number of hydrogen-bond donors (Lipinski definition) is 3. The summed E-state index contributed by atoms with van der Waals surface area (Å²) in [5.74, 6) is -1.01. The zero-order valence-corrected chi connectivity index (χ0v) is 16.8. The van der Waals surface area contributed by atoms with Crippen LogP contribution in [0.1, 0.15) is 33.2 Å². The molecule has 29 heavy (non-hydrogen) atoms. The van der Waals surface area contributed by atoms with Crippen LogP contribution in [0.15, 0.2) is 48.5 Å². The highest BCUT2D eigenvalue weighted by Crippen LogP contribution is 2.12. The minimum absolute atomic E-state index is 0.112. The zero-order valence-electron chi connectivity index (χ0n) is 16.0. The van der Waals surface area contributed by atoms with Crippen LogP contribution in [0.25, 0.3) is 0 Å². The number of amides is 2. The number of methoxy groups -OCH3 is 1. The van der Waals surface area contributed by atoms with Crippen molar-refractivity contribution in [2.45, 2.75) is 13.3 Å². The fraction of sp³-hybridized carbons (Fsp3) is 0.200. The van der Waals surface area contributed by atoms with E-state index in [9.17, 15) is 14.4 Å². The lowest BCUT2D eigenvalue weighted by Gasteiger charge is -2.12. The highest BCUT2D eigenvalue weighted by atomic mass is 32.1. The third kappa shape index (κ3) is 6.89. The number of carbonyl (C=O) groups is 3. The van der Waals surface area contributed by atoms with Gasteiger partial charge in [0.15, 0.2) is 11.7 Å². The van der Waals surface area contributed by atoms with Gasteiger partial charge in [-0.1, -0.05) is 25.1 Å². The second-order valence-corrected chi connectivity index (χ2v) is 6.22. The predicted molar refractivity (Wildman–Crippen MR) is 110 cm³/mol. The normalized spacial score (nSPS) is 9.86. The van der Waals surface area contributed by atoms with E-state index in [2.05, 4.69) is 20.9 Å². The van der Waals surface area contributed by atoms with E-state index < -0.39 is 17.8 Å². The molecule has 0 heterocycles. The topological polar surface area (TPSA) is 106 Å². The third-order valence-electron chi connectivity index (χ3n) is 3.79. The number of carbonyl (C=O) groups excluding carboxylic acids is 3. The van der Waals surface area contributed by atoms with E-state index in [-0.39, 0.29) is 22.8 Å². The number of rotatable bonds is 6. The van der Waals surface area contributed by atoms with Gasteiger partial charge in [0.25, 0.3) is 11.8 Å². The molecular formula is C20H21N3O5S. The van der Waals surface area contributed by atoms with Crippen LogP contribution >= 0.6 is 12.2 Å². The number of esters is 1. The molecule has 152 valence electrons. The van der Waals surface area contributed by atoms with Gasteiger partial charge < -0.3 is 9.47 Å². The van der Waals surface area contributed by atoms with Crippen molar-refractivity contribution in [3.05, 3.63) is 65.2 Å². The Balaban J connectivity index is 1.77. The monoisotopic (exact) mass is 415 g/mol. The van der Waals surface area contributed by atoms with Gasteiger partial charge in [-0.3, -0.25) is 25.8 Å². The summed E-state index contributed by atoms with van der Waals surface area (Å²) in [6.07, 6.45) is 0.917. The molecule has 0 aromatic heterocycles. The first-order chi connectivity index (χ1) is 13.9. The Kier molecular flexibility index (Phi) is 8.11. The van der Waals surface area contributed by atoms with Gasteiger partial charge in [0, 0.05) is 5.56 Å². The smallest absolute Gasteiger partial charge is 0.337 e. The standard InChI is InChI=1S/C20H21N3O5S/c1-3-13-7-9-16(10-8-13)28-12-17(24)22-23-20(29)21-18(25)14-5-4-6-15(11-14)19(26)27-2/h4-11H,3,12H2,1-2H3,(H,22,24)(H2,21,23,25,29). The van der Waals surface area contributed by atoms with Gasteiger partial charge in [-0.05, 0) is 54.5 Å². The number of hydrogen-bond acceptors (Lipinski definition) is 6. The van der Waals surface area contributed by atoms with E-state index in [0.717, 1.165) is 6.42 Å². The summed E-state index contributed by atoms with van der Waals surface area (Å²) in [4.78, 5) is 35.6. The molecule has 0 saturated heterocycles. The van der Waals surface area contributed by atoms with Crippen molar-refractivity contribution in [3.63, 3.8) is 0 Å². The average molecular weight is 415 g/mol. The molecule has 2 aromatic carbocycles. The molecule has 8 nitrogen and oxygen atoms in total. The van der Waals surface area contributed by atoms with Crippen LogP contribution in [0.3, 0.4) is 0 Å². The first kappa shape index (κ1) is 21.8. The molecule has 0 atom stereocenters. The molecular weight excluding hydrogens is 394 g/mol. The maximum absolute atomic E-state index is 12.2. The fourth-order valence-electron chi connectivity index (χ4n) is 2.24. The van der Waals surface area contributed by atoms with Crippen LogP contribution < -0.4 is 20.9 Å². The predicted octanol–water partition coefficient (Wildman–Crippen LogP) is 1.75. The van der Waals surface area contributed by atoms with Gasteiger partial charge in [-0.25, -0.2) is 4.79 Å². The summed E-state index contributed by atoms with van der Waals surface area (Å²) >= 11 is 4.97. The number of hydrazine groups is 1. The van der Waals surface area contributed by atoms with E-state index in [1.807, 2.05) is 19.1 Å².